The van der Waals surface area contributed by atoms with Crippen LogP contribution in [0.5, 0.6) is 0 Å². The Labute approximate surface area is 288 Å². The van der Waals surface area contributed by atoms with Crippen LogP contribution < -0.4 is 0 Å². The van der Waals surface area contributed by atoms with E-state index in [1.54, 1.807) is 12.4 Å². The molecule has 0 aliphatic heterocycles. The van der Waals surface area contributed by atoms with E-state index in [0.717, 1.165) is 44.2 Å². The first-order chi connectivity index (χ1) is 24.7. The fourth-order valence-corrected chi connectivity index (χ4v) is 7.06. The highest BCUT2D eigenvalue weighted by molar-refractivity contribution is 6.26. The van der Waals surface area contributed by atoms with Gasteiger partial charge in [-0.15, -0.1) is 0 Å². The van der Waals surface area contributed by atoms with Crippen molar-refractivity contribution in [2.24, 2.45) is 0 Å². The smallest absolute Gasteiger partial charge is 0.160 e. The largest absolute Gasteiger partial charge is 0.265 e. The molecule has 4 heteroatoms. The van der Waals surface area contributed by atoms with Crippen molar-refractivity contribution >= 4 is 53.9 Å². The van der Waals surface area contributed by atoms with Crippen molar-refractivity contribution in [2.45, 2.75) is 0 Å². The van der Waals surface area contributed by atoms with Gasteiger partial charge in [0.1, 0.15) is 0 Å². The summed E-state index contributed by atoms with van der Waals surface area (Å²) in [6.45, 7) is 0. The molecule has 9 rings (SSSR count). The van der Waals surface area contributed by atoms with Crippen LogP contribution in [0.15, 0.2) is 170 Å². The third-order valence-corrected chi connectivity index (χ3v) is 9.45. The van der Waals surface area contributed by atoms with Crippen LogP contribution in [0.3, 0.4) is 0 Å². The van der Waals surface area contributed by atoms with Crippen LogP contribution in [0.1, 0.15) is 5.56 Å². The number of nitriles is 1. The summed E-state index contributed by atoms with van der Waals surface area (Å²) in [5.41, 5.74) is 4.96. The van der Waals surface area contributed by atoms with Gasteiger partial charge in [0.2, 0.25) is 0 Å². The van der Waals surface area contributed by atoms with Gasteiger partial charge < -0.3 is 0 Å². The Morgan fingerprint density at radius 1 is 0.360 bits per heavy atom. The molecule has 232 valence electrons. The number of pyridine rings is 1. The third kappa shape index (κ3) is 5.06. The summed E-state index contributed by atoms with van der Waals surface area (Å²) >= 11 is 0. The quantitative estimate of drug-likeness (QED) is 0.194. The number of rotatable bonds is 3. The second-order valence-corrected chi connectivity index (χ2v) is 12.3. The molecule has 2 aromatic heterocycles. The molecule has 7 aromatic carbocycles. The Morgan fingerprint density at radius 2 is 0.740 bits per heavy atom. The maximum atomic E-state index is 9.40. The molecule has 0 aliphatic carbocycles. The summed E-state index contributed by atoms with van der Waals surface area (Å²) in [6, 6.07) is 57.1. The van der Waals surface area contributed by atoms with Crippen LogP contribution in [0.2, 0.25) is 0 Å². The number of benzene rings is 6. The lowest BCUT2D eigenvalue weighted by Crippen LogP contribution is -1.96. The predicted molar refractivity (Wildman–Crippen MR) is 206 cm³/mol. The molecule has 0 atom stereocenters. The molecule has 50 heavy (non-hydrogen) atoms. The molecule has 0 bridgehead atoms. The fraction of sp³-hybridized carbons (Fsp3) is 0. The van der Waals surface area contributed by atoms with Gasteiger partial charge in [0.15, 0.2) is 5.82 Å². The number of fused-ring (bicyclic) bond motifs is 10. The maximum Gasteiger partial charge on any atom is 0.160 e. The zero-order valence-electron chi connectivity index (χ0n) is 27.0. The molecule has 0 saturated heterocycles. The Morgan fingerprint density at radius 3 is 1.18 bits per heavy atom. The molecule has 0 saturated carbocycles. The van der Waals surface area contributed by atoms with E-state index in [4.69, 9.17) is 9.97 Å². The first-order valence-corrected chi connectivity index (χ1v) is 16.6. The number of aromatic nitrogens is 3. The van der Waals surface area contributed by atoms with E-state index in [1.807, 2.05) is 42.5 Å². The van der Waals surface area contributed by atoms with Gasteiger partial charge in [-0.1, -0.05) is 121 Å². The molecule has 4 nitrogen and oxygen atoms in total. The molecule has 0 amide bonds. The summed E-state index contributed by atoms with van der Waals surface area (Å²) in [6.07, 6.45) is 3.56. The summed E-state index contributed by atoms with van der Waals surface area (Å²) in [7, 11) is 0. The Kier molecular flexibility index (Phi) is 7.15. The van der Waals surface area contributed by atoms with Crippen LogP contribution in [0.4, 0.5) is 0 Å². The van der Waals surface area contributed by atoms with Crippen LogP contribution in [0, 0.1) is 11.3 Å². The summed E-state index contributed by atoms with van der Waals surface area (Å²) < 4.78 is 0. The summed E-state index contributed by atoms with van der Waals surface area (Å²) in [4.78, 5) is 14.5. The first-order valence-electron chi connectivity index (χ1n) is 16.6. The minimum atomic E-state index is 0.605. The lowest BCUT2D eigenvalue weighted by atomic mass is 9.94. The molecule has 0 radical (unpaired) electrons. The lowest BCUT2D eigenvalue weighted by molar-refractivity contribution is 1.18. The van der Waals surface area contributed by atoms with Gasteiger partial charge in [0, 0.05) is 29.1 Å². The van der Waals surface area contributed by atoms with E-state index in [2.05, 4.69) is 126 Å². The maximum absolute atomic E-state index is 9.40. The van der Waals surface area contributed by atoms with Crippen molar-refractivity contribution in [3.8, 4) is 40.0 Å². The van der Waals surface area contributed by atoms with Crippen LogP contribution in [0.25, 0.3) is 87.8 Å². The molecule has 2 heterocycles. The molecule has 9 aromatic rings. The highest BCUT2D eigenvalue weighted by Crippen LogP contribution is 2.37. The Balaban J connectivity index is 1.42. The molecule has 0 unspecified atom stereocenters. The van der Waals surface area contributed by atoms with Gasteiger partial charge >= 0.3 is 0 Å². The van der Waals surface area contributed by atoms with Crippen molar-refractivity contribution in [1.82, 2.24) is 15.0 Å². The fourth-order valence-electron chi connectivity index (χ4n) is 7.06. The Bertz CT molecular complexity index is 2800. The molecule has 0 N–H and O–H groups in total. The average molecular weight is 637 g/mol. The van der Waals surface area contributed by atoms with Gasteiger partial charge in [0.25, 0.3) is 0 Å². The van der Waals surface area contributed by atoms with Gasteiger partial charge in [-0.2, -0.15) is 5.26 Å². The van der Waals surface area contributed by atoms with Crippen molar-refractivity contribution in [3.63, 3.8) is 0 Å². The van der Waals surface area contributed by atoms with Crippen LogP contribution >= 0.6 is 0 Å². The average Bonchev–Trinajstić information content (AvgIpc) is 3.20. The zero-order chi connectivity index (χ0) is 33.4. The molecule has 0 spiro atoms. The predicted octanol–water partition coefficient (Wildman–Crippen LogP) is 11.6. The minimum absolute atomic E-state index is 0.605. The summed E-state index contributed by atoms with van der Waals surface area (Å²) in [5.74, 6) is 0.620. The molecule has 0 fully saturated rings. The first kappa shape index (κ1) is 29.2. The summed E-state index contributed by atoms with van der Waals surface area (Å²) in [5, 5.41) is 21.1. The second kappa shape index (κ2) is 12.2. The van der Waals surface area contributed by atoms with E-state index in [-0.39, 0.29) is 0 Å². The Hall–Kier alpha value is -6.96. The van der Waals surface area contributed by atoms with Crippen LogP contribution in [-0.2, 0) is 0 Å². The van der Waals surface area contributed by atoms with Crippen molar-refractivity contribution in [2.75, 3.05) is 0 Å². The van der Waals surface area contributed by atoms with Gasteiger partial charge in [-0.25, -0.2) is 9.97 Å². The minimum Gasteiger partial charge on any atom is -0.265 e. The highest BCUT2D eigenvalue weighted by atomic mass is 14.9. The topological polar surface area (TPSA) is 62.5 Å². The second-order valence-electron chi connectivity index (χ2n) is 12.3. The number of nitrogens with zero attached hydrogens (tertiary/aromatic N) is 4. The lowest BCUT2D eigenvalue weighted by Gasteiger charge is -2.12. The third-order valence-electron chi connectivity index (χ3n) is 9.45. The van der Waals surface area contributed by atoms with Crippen LogP contribution in [-0.4, -0.2) is 15.0 Å². The SMILES string of the molecule is N#Cc1ccc(-c2cc(-c3ccncc3)nc(-c3ccc4c5ccccc5c5ccccc5c5ccccc5c5ccccc5c4c3)n2)cc1. The monoisotopic (exact) mass is 636 g/mol. The van der Waals surface area contributed by atoms with E-state index in [0.29, 0.717) is 11.4 Å². The van der Waals surface area contributed by atoms with Gasteiger partial charge in [-0.3, -0.25) is 4.98 Å². The standard InChI is InChI=1S/C46H28N4/c47-29-30-17-19-31(20-18-30)44-28-45(32-23-25-48-26-24-32)50-46(49-44)33-21-22-42-40-15-6-5-13-38(40)36-11-2-1-9-34(36)35-10-3-4-12-37(35)39-14-7-8-16-41(39)43(42)27-33/h1-28H. The van der Waals surface area contributed by atoms with Crippen molar-refractivity contribution in [1.29, 1.82) is 5.26 Å². The normalized spacial score (nSPS) is 11.2. The number of hydrogen-bond acceptors (Lipinski definition) is 4. The molecular formula is C46H28N4. The van der Waals surface area contributed by atoms with Gasteiger partial charge in [0.05, 0.1) is 23.0 Å². The van der Waals surface area contributed by atoms with E-state index < -0.39 is 0 Å². The van der Waals surface area contributed by atoms with E-state index in [1.165, 1.54) is 37.7 Å². The van der Waals surface area contributed by atoms with Crippen molar-refractivity contribution in [3.05, 3.63) is 176 Å². The molecular weight excluding hydrogens is 609 g/mol. The van der Waals surface area contributed by atoms with Crippen molar-refractivity contribution < 1.29 is 0 Å². The number of hydrogen-bond donors (Lipinski definition) is 0. The zero-order valence-corrected chi connectivity index (χ0v) is 27.0. The highest BCUT2D eigenvalue weighted by Gasteiger charge is 2.14. The van der Waals surface area contributed by atoms with Gasteiger partial charge in [-0.05, 0) is 90.3 Å². The van der Waals surface area contributed by atoms with E-state index >= 15 is 0 Å². The van der Waals surface area contributed by atoms with E-state index in [9.17, 15) is 5.26 Å². The molecule has 0 aliphatic rings.